The molecule has 3 rings (SSSR count). The van der Waals surface area contributed by atoms with E-state index >= 15 is 0 Å². The SMILES string of the molecule is CC(C)CNc1nc(N(C)C)c2cc(C(=O)N(CC(N)=O)CC(C)C)n(Cc3ccccc3)c2n1. The molecule has 35 heavy (non-hydrogen) atoms. The summed E-state index contributed by atoms with van der Waals surface area (Å²) in [5.74, 6) is 1.02. The van der Waals surface area contributed by atoms with Crippen molar-refractivity contribution >= 4 is 34.6 Å². The minimum atomic E-state index is -0.543. The van der Waals surface area contributed by atoms with E-state index in [2.05, 4.69) is 19.2 Å². The summed E-state index contributed by atoms with van der Waals surface area (Å²) in [6.45, 7) is 9.70. The standard InChI is InChI=1S/C26H37N7O2/c1-17(2)13-28-26-29-23(31(5)6)20-12-21(25(35)32(14-18(3)4)16-22(27)34)33(24(20)30-26)15-19-10-8-7-9-11-19/h7-12,17-18H,13-16H2,1-6H3,(H2,27,34)(H,28,29,30). The van der Waals surface area contributed by atoms with Crippen molar-refractivity contribution in [3.8, 4) is 0 Å². The highest BCUT2D eigenvalue weighted by Gasteiger charge is 2.26. The number of rotatable bonds is 11. The molecule has 2 heterocycles. The largest absolute Gasteiger partial charge is 0.368 e. The Bertz CT molecular complexity index is 1170. The van der Waals surface area contributed by atoms with Gasteiger partial charge in [-0.1, -0.05) is 58.0 Å². The molecular weight excluding hydrogens is 442 g/mol. The summed E-state index contributed by atoms with van der Waals surface area (Å²) >= 11 is 0. The quantitative estimate of drug-likeness (QED) is 0.437. The van der Waals surface area contributed by atoms with Crippen LogP contribution in [0.2, 0.25) is 0 Å². The average molecular weight is 480 g/mol. The van der Waals surface area contributed by atoms with E-state index in [0.29, 0.717) is 42.1 Å². The van der Waals surface area contributed by atoms with E-state index in [0.717, 1.165) is 17.5 Å². The first-order chi connectivity index (χ1) is 16.6. The maximum absolute atomic E-state index is 13.8. The lowest BCUT2D eigenvalue weighted by molar-refractivity contribution is -0.118. The molecule has 3 N–H and O–H groups in total. The van der Waals surface area contributed by atoms with Gasteiger partial charge in [-0.3, -0.25) is 9.59 Å². The molecule has 0 spiro atoms. The van der Waals surface area contributed by atoms with Crippen molar-refractivity contribution in [1.82, 2.24) is 19.4 Å². The fourth-order valence-electron chi connectivity index (χ4n) is 3.94. The maximum Gasteiger partial charge on any atom is 0.271 e. The van der Waals surface area contributed by atoms with E-state index in [1.807, 2.05) is 73.8 Å². The second-order valence-corrected chi connectivity index (χ2v) is 9.92. The van der Waals surface area contributed by atoms with E-state index in [-0.39, 0.29) is 18.4 Å². The third-order valence-electron chi connectivity index (χ3n) is 5.45. The number of nitrogens with zero attached hydrogens (tertiary/aromatic N) is 5. The second kappa shape index (κ2) is 11.2. The van der Waals surface area contributed by atoms with Gasteiger partial charge < -0.3 is 25.4 Å². The molecule has 0 atom stereocenters. The number of hydrogen-bond donors (Lipinski definition) is 2. The van der Waals surface area contributed by atoms with Crippen LogP contribution >= 0.6 is 0 Å². The van der Waals surface area contributed by atoms with Crippen LogP contribution in [-0.4, -0.2) is 65.0 Å². The number of nitrogens with one attached hydrogen (secondary N) is 1. The zero-order valence-corrected chi connectivity index (χ0v) is 21.6. The van der Waals surface area contributed by atoms with Crippen molar-refractivity contribution < 1.29 is 9.59 Å². The minimum Gasteiger partial charge on any atom is -0.368 e. The smallest absolute Gasteiger partial charge is 0.271 e. The molecule has 1 aromatic carbocycles. The van der Waals surface area contributed by atoms with Crippen molar-refractivity contribution in [2.24, 2.45) is 17.6 Å². The number of nitrogens with two attached hydrogens (primary N) is 1. The molecule has 0 aliphatic heterocycles. The van der Waals surface area contributed by atoms with E-state index in [4.69, 9.17) is 15.7 Å². The van der Waals surface area contributed by atoms with Crippen molar-refractivity contribution in [1.29, 1.82) is 0 Å². The summed E-state index contributed by atoms with van der Waals surface area (Å²) in [4.78, 5) is 38.6. The number of hydrogen-bond acceptors (Lipinski definition) is 6. The van der Waals surface area contributed by atoms with Crippen LogP contribution in [0, 0.1) is 11.8 Å². The summed E-state index contributed by atoms with van der Waals surface area (Å²) in [6.07, 6.45) is 0. The van der Waals surface area contributed by atoms with Crippen LogP contribution in [0.25, 0.3) is 11.0 Å². The Balaban J connectivity index is 2.21. The number of aromatic nitrogens is 3. The topological polar surface area (TPSA) is 109 Å². The van der Waals surface area contributed by atoms with Crippen molar-refractivity contribution in [2.45, 2.75) is 34.2 Å². The average Bonchev–Trinajstić information content (AvgIpc) is 3.14. The number of benzene rings is 1. The van der Waals surface area contributed by atoms with Gasteiger partial charge in [-0.05, 0) is 23.5 Å². The Kier molecular flexibility index (Phi) is 8.32. The van der Waals surface area contributed by atoms with Gasteiger partial charge >= 0.3 is 0 Å². The van der Waals surface area contributed by atoms with Crippen molar-refractivity contribution in [3.63, 3.8) is 0 Å². The Morgan fingerprint density at radius 1 is 1.06 bits per heavy atom. The number of carbonyl (C=O) groups is 2. The van der Waals surface area contributed by atoms with Gasteiger partial charge in [-0.15, -0.1) is 0 Å². The third-order valence-corrected chi connectivity index (χ3v) is 5.45. The number of amides is 2. The summed E-state index contributed by atoms with van der Waals surface area (Å²) in [7, 11) is 3.84. The van der Waals surface area contributed by atoms with Gasteiger partial charge in [0.2, 0.25) is 11.9 Å². The normalized spacial score (nSPS) is 11.3. The first-order valence-electron chi connectivity index (χ1n) is 12.0. The number of carbonyl (C=O) groups excluding carboxylic acids is 2. The fraction of sp³-hybridized carbons (Fsp3) is 0.462. The van der Waals surface area contributed by atoms with Gasteiger partial charge in [-0.25, -0.2) is 0 Å². The van der Waals surface area contributed by atoms with Crippen LogP contribution in [0.4, 0.5) is 11.8 Å². The summed E-state index contributed by atoms with van der Waals surface area (Å²) in [5.41, 5.74) is 7.63. The molecule has 188 valence electrons. The molecule has 3 aromatic rings. The fourth-order valence-corrected chi connectivity index (χ4v) is 3.94. The maximum atomic E-state index is 13.8. The predicted octanol–water partition coefficient (Wildman–Crippen LogP) is 3.20. The Morgan fingerprint density at radius 3 is 2.31 bits per heavy atom. The zero-order valence-electron chi connectivity index (χ0n) is 21.6. The lowest BCUT2D eigenvalue weighted by atomic mass is 10.2. The molecular formula is C26H37N7O2. The molecule has 0 aliphatic carbocycles. The molecule has 0 fully saturated rings. The van der Waals surface area contributed by atoms with Gasteiger partial charge in [0.05, 0.1) is 11.9 Å². The molecule has 2 amide bonds. The van der Waals surface area contributed by atoms with Crippen LogP contribution in [0.15, 0.2) is 36.4 Å². The summed E-state index contributed by atoms with van der Waals surface area (Å²) in [5, 5.41) is 4.09. The van der Waals surface area contributed by atoms with Crippen LogP contribution in [0.5, 0.6) is 0 Å². The molecule has 0 saturated heterocycles. The highest BCUT2D eigenvalue weighted by atomic mass is 16.2. The second-order valence-electron chi connectivity index (χ2n) is 9.92. The van der Waals surface area contributed by atoms with E-state index < -0.39 is 5.91 Å². The molecule has 9 nitrogen and oxygen atoms in total. The summed E-state index contributed by atoms with van der Waals surface area (Å²) < 4.78 is 1.91. The van der Waals surface area contributed by atoms with Crippen LogP contribution in [0.3, 0.4) is 0 Å². The molecule has 0 saturated carbocycles. The highest BCUT2D eigenvalue weighted by molar-refractivity contribution is 6.02. The first kappa shape index (κ1) is 26.0. The predicted molar refractivity (Wildman–Crippen MR) is 141 cm³/mol. The molecule has 9 heteroatoms. The molecule has 0 bridgehead atoms. The van der Waals surface area contributed by atoms with Crippen molar-refractivity contribution in [2.75, 3.05) is 43.9 Å². The minimum absolute atomic E-state index is 0.142. The first-order valence-corrected chi connectivity index (χ1v) is 12.0. The number of fused-ring (bicyclic) bond motifs is 1. The van der Waals surface area contributed by atoms with Gasteiger partial charge in [0, 0.05) is 33.7 Å². The molecule has 0 aliphatic rings. The molecule has 2 aromatic heterocycles. The number of primary amides is 1. The van der Waals surface area contributed by atoms with E-state index in [9.17, 15) is 9.59 Å². The third kappa shape index (κ3) is 6.49. The van der Waals surface area contributed by atoms with Crippen LogP contribution in [-0.2, 0) is 11.3 Å². The van der Waals surface area contributed by atoms with E-state index in [1.165, 1.54) is 4.90 Å². The Morgan fingerprint density at radius 2 is 1.74 bits per heavy atom. The van der Waals surface area contributed by atoms with Crippen LogP contribution < -0.4 is 16.0 Å². The van der Waals surface area contributed by atoms with Gasteiger partial charge in [0.25, 0.3) is 5.91 Å². The Labute approximate surface area is 207 Å². The zero-order chi connectivity index (χ0) is 25.7. The van der Waals surface area contributed by atoms with Crippen LogP contribution in [0.1, 0.15) is 43.7 Å². The highest BCUT2D eigenvalue weighted by Crippen LogP contribution is 2.29. The lowest BCUT2D eigenvalue weighted by Gasteiger charge is -2.24. The molecule has 0 radical (unpaired) electrons. The Hall–Kier alpha value is -3.62. The molecule has 0 unspecified atom stereocenters. The number of anilines is 2. The van der Waals surface area contributed by atoms with Gasteiger partial charge in [0.1, 0.15) is 17.2 Å². The lowest BCUT2D eigenvalue weighted by Crippen LogP contribution is -2.41. The van der Waals surface area contributed by atoms with Crippen molar-refractivity contribution in [3.05, 3.63) is 47.7 Å². The van der Waals surface area contributed by atoms with Gasteiger partial charge in [-0.2, -0.15) is 9.97 Å². The summed E-state index contributed by atoms with van der Waals surface area (Å²) in [6, 6.07) is 11.8. The monoisotopic (exact) mass is 479 g/mol. The van der Waals surface area contributed by atoms with Gasteiger partial charge in [0.15, 0.2) is 0 Å². The van der Waals surface area contributed by atoms with E-state index in [1.54, 1.807) is 0 Å².